The van der Waals surface area contributed by atoms with Crippen molar-refractivity contribution in [2.45, 2.75) is 19.4 Å². The lowest BCUT2D eigenvalue weighted by molar-refractivity contribution is -0.134. The number of nitrogens with one attached hydrogen (secondary N) is 1. The summed E-state index contributed by atoms with van der Waals surface area (Å²) in [5, 5.41) is 4.43. The van der Waals surface area contributed by atoms with E-state index in [0.29, 0.717) is 16.3 Å². The van der Waals surface area contributed by atoms with E-state index in [2.05, 4.69) is 10.5 Å². The predicted octanol–water partition coefficient (Wildman–Crippen LogP) is 3.79. The standard InChI is InChI=1S/C17H16ClFN2O2/c1-17(2,23-15-9-5-13(18)6-10-15)16(22)21-20-11-12-3-7-14(19)8-4-12/h3-11H,1-2H3,(H,21,22)/b20-11-. The van der Waals surface area contributed by atoms with E-state index in [0.717, 1.165) is 0 Å². The Morgan fingerprint density at radius 2 is 1.78 bits per heavy atom. The molecule has 6 heteroatoms. The van der Waals surface area contributed by atoms with Crippen LogP contribution in [0.1, 0.15) is 19.4 Å². The zero-order chi connectivity index (χ0) is 16.9. The molecule has 0 unspecified atom stereocenters. The average Bonchev–Trinajstić information content (AvgIpc) is 2.51. The van der Waals surface area contributed by atoms with Crippen LogP contribution < -0.4 is 10.2 Å². The monoisotopic (exact) mass is 334 g/mol. The molecule has 0 saturated carbocycles. The smallest absolute Gasteiger partial charge is 0.283 e. The SMILES string of the molecule is CC(C)(Oc1ccc(Cl)cc1)C(=O)N/N=C\c1ccc(F)cc1. The molecule has 0 aromatic heterocycles. The minimum atomic E-state index is -1.12. The maximum absolute atomic E-state index is 12.8. The lowest BCUT2D eigenvalue weighted by Gasteiger charge is -2.24. The van der Waals surface area contributed by atoms with Gasteiger partial charge in [-0.05, 0) is 55.8 Å². The van der Waals surface area contributed by atoms with Crippen LogP contribution in [-0.4, -0.2) is 17.7 Å². The molecule has 0 aliphatic rings. The number of rotatable bonds is 5. The highest BCUT2D eigenvalue weighted by molar-refractivity contribution is 6.30. The summed E-state index contributed by atoms with van der Waals surface area (Å²) < 4.78 is 18.4. The molecule has 0 radical (unpaired) electrons. The minimum absolute atomic E-state index is 0.330. The summed E-state index contributed by atoms with van der Waals surface area (Å²) in [6, 6.07) is 12.5. The molecule has 23 heavy (non-hydrogen) atoms. The van der Waals surface area contributed by atoms with Gasteiger partial charge in [0, 0.05) is 5.02 Å². The summed E-state index contributed by atoms with van der Waals surface area (Å²) in [6.07, 6.45) is 1.43. The first-order chi connectivity index (χ1) is 10.9. The van der Waals surface area contributed by atoms with E-state index < -0.39 is 11.5 Å². The molecule has 2 rings (SSSR count). The molecule has 1 N–H and O–H groups in total. The highest BCUT2D eigenvalue weighted by atomic mass is 35.5. The number of nitrogens with zero attached hydrogens (tertiary/aromatic N) is 1. The average molecular weight is 335 g/mol. The molecular formula is C17H16ClFN2O2. The van der Waals surface area contributed by atoms with E-state index in [9.17, 15) is 9.18 Å². The molecule has 2 aromatic rings. The first-order valence-corrected chi connectivity index (χ1v) is 7.28. The largest absolute Gasteiger partial charge is 0.478 e. The Balaban J connectivity index is 1.95. The molecule has 0 spiro atoms. The van der Waals surface area contributed by atoms with E-state index >= 15 is 0 Å². The van der Waals surface area contributed by atoms with Crippen molar-refractivity contribution < 1.29 is 13.9 Å². The van der Waals surface area contributed by atoms with Crippen LogP contribution in [-0.2, 0) is 4.79 Å². The van der Waals surface area contributed by atoms with Crippen LogP contribution in [0.2, 0.25) is 5.02 Å². The molecule has 0 fully saturated rings. The van der Waals surface area contributed by atoms with Crippen molar-refractivity contribution >= 4 is 23.7 Å². The van der Waals surface area contributed by atoms with Gasteiger partial charge in [-0.25, -0.2) is 9.82 Å². The second-order valence-electron chi connectivity index (χ2n) is 5.32. The summed E-state index contributed by atoms with van der Waals surface area (Å²) in [5.74, 6) is -0.216. The van der Waals surface area contributed by atoms with Crippen molar-refractivity contribution in [2.75, 3.05) is 0 Å². The van der Waals surface area contributed by atoms with Crippen LogP contribution in [0.25, 0.3) is 0 Å². The zero-order valence-electron chi connectivity index (χ0n) is 12.7. The zero-order valence-corrected chi connectivity index (χ0v) is 13.5. The summed E-state index contributed by atoms with van der Waals surface area (Å²) >= 11 is 5.80. The number of benzene rings is 2. The van der Waals surface area contributed by atoms with Gasteiger partial charge in [-0.1, -0.05) is 23.7 Å². The molecule has 120 valence electrons. The van der Waals surface area contributed by atoms with Crippen LogP contribution in [0.3, 0.4) is 0 Å². The second-order valence-corrected chi connectivity index (χ2v) is 5.75. The van der Waals surface area contributed by atoms with E-state index in [1.54, 1.807) is 50.2 Å². The number of carbonyl (C=O) groups is 1. The van der Waals surface area contributed by atoms with Crippen molar-refractivity contribution in [1.82, 2.24) is 5.43 Å². The summed E-state index contributed by atoms with van der Waals surface area (Å²) in [5.41, 5.74) is 1.96. The van der Waals surface area contributed by atoms with Crippen molar-refractivity contribution in [3.8, 4) is 5.75 Å². The molecule has 4 nitrogen and oxygen atoms in total. The van der Waals surface area contributed by atoms with Gasteiger partial charge in [0.15, 0.2) is 5.60 Å². The number of hydrogen-bond acceptors (Lipinski definition) is 3. The summed E-state index contributed by atoms with van der Waals surface area (Å²) in [7, 11) is 0. The Labute approximate surface area is 138 Å². The van der Waals surface area contributed by atoms with Crippen LogP contribution in [0, 0.1) is 5.82 Å². The van der Waals surface area contributed by atoms with Gasteiger partial charge in [-0.3, -0.25) is 4.79 Å². The highest BCUT2D eigenvalue weighted by Crippen LogP contribution is 2.20. The number of ether oxygens (including phenoxy) is 1. The van der Waals surface area contributed by atoms with Crippen LogP contribution >= 0.6 is 11.6 Å². The number of halogens is 2. The first-order valence-electron chi connectivity index (χ1n) is 6.90. The molecule has 0 atom stereocenters. The quantitative estimate of drug-likeness (QED) is 0.668. The maximum Gasteiger partial charge on any atom is 0.283 e. The van der Waals surface area contributed by atoms with Gasteiger partial charge in [0.2, 0.25) is 0 Å². The normalized spacial score (nSPS) is 11.5. The lowest BCUT2D eigenvalue weighted by atomic mass is 10.1. The molecule has 0 aliphatic heterocycles. The molecule has 0 bridgehead atoms. The Hall–Kier alpha value is -2.40. The fourth-order valence-corrected chi connectivity index (χ4v) is 1.82. The van der Waals surface area contributed by atoms with Gasteiger partial charge in [-0.15, -0.1) is 0 Å². The van der Waals surface area contributed by atoms with Gasteiger partial charge < -0.3 is 4.74 Å². The topological polar surface area (TPSA) is 50.7 Å². The van der Waals surface area contributed by atoms with Crippen molar-refractivity contribution in [1.29, 1.82) is 0 Å². The number of carbonyl (C=O) groups excluding carboxylic acids is 1. The molecular weight excluding hydrogens is 319 g/mol. The van der Waals surface area contributed by atoms with Gasteiger partial charge in [-0.2, -0.15) is 5.10 Å². The van der Waals surface area contributed by atoms with E-state index in [1.165, 1.54) is 18.3 Å². The van der Waals surface area contributed by atoms with Crippen LogP contribution in [0.5, 0.6) is 5.75 Å². The van der Waals surface area contributed by atoms with E-state index in [1.807, 2.05) is 0 Å². The van der Waals surface area contributed by atoms with Gasteiger partial charge in [0.1, 0.15) is 11.6 Å². The molecule has 0 heterocycles. The summed E-state index contributed by atoms with van der Waals surface area (Å²) in [4.78, 5) is 12.1. The number of hydrazone groups is 1. The minimum Gasteiger partial charge on any atom is -0.478 e. The Bertz CT molecular complexity index is 698. The van der Waals surface area contributed by atoms with Gasteiger partial charge in [0.25, 0.3) is 5.91 Å². The predicted molar refractivity (Wildman–Crippen MR) is 88.3 cm³/mol. The molecule has 0 aliphatic carbocycles. The van der Waals surface area contributed by atoms with Crippen LogP contribution in [0.4, 0.5) is 4.39 Å². The first kappa shape index (κ1) is 17.0. The summed E-state index contributed by atoms with van der Waals surface area (Å²) in [6.45, 7) is 3.26. The Morgan fingerprint density at radius 3 is 2.39 bits per heavy atom. The lowest BCUT2D eigenvalue weighted by Crippen LogP contribution is -2.44. The molecule has 1 amide bonds. The molecule has 0 saturated heterocycles. The number of amides is 1. The maximum atomic E-state index is 12.8. The Morgan fingerprint density at radius 1 is 1.17 bits per heavy atom. The highest BCUT2D eigenvalue weighted by Gasteiger charge is 2.29. The van der Waals surface area contributed by atoms with Crippen LogP contribution in [0.15, 0.2) is 53.6 Å². The van der Waals surface area contributed by atoms with Crippen molar-refractivity contribution in [3.63, 3.8) is 0 Å². The van der Waals surface area contributed by atoms with Crippen molar-refractivity contribution in [3.05, 3.63) is 64.9 Å². The van der Waals surface area contributed by atoms with Gasteiger partial charge in [0.05, 0.1) is 6.21 Å². The third kappa shape index (κ3) is 5.07. The second kappa shape index (κ2) is 7.24. The van der Waals surface area contributed by atoms with Gasteiger partial charge >= 0.3 is 0 Å². The molecule has 2 aromatic carbocycles. The fourth-order valence-electron chi connectivity index (χ4n) is 1.69. The Kier molecular flexibility index (Phi) is 5.34. The third-order valence-corrected chi connectivity index (χ3v) is 3.24. The van der Waals surface area contributed by atoms with E-state index in [4.69, 9.17) is 16.3 Å². The fraction of sp³-hybridized carbons (Fsp3) is 0.176. The number of hydrogen-bond donors (Lipinski definition) is 1. The van der Waals surface area contributed by atoms with Crippen molar-refractivity contribution in [2.24, 2.45) is 5.10 Å². The van der Waals surface area contributed by atoms with E-state index in [-0.39, 0.29) is 5.82 Å². The third-order valence-electron chi connectivity index (χ3n) is 2.98.